The molecule has 0 saturated carbocycles. The van der Waals surface area contributed by atoms with Crippen molar-refractivity contribution in [2.24, 2.45) is 0 Å². The molecule has 3 heterocycles. The van der Waals surface area contributed by atoms with E-state index in [0.717, 1.165) is 5.82 Å². The minimum absolute atomic E-state index is 0.184. The van der Waals surface area contributed by atoms with Crippen LogP contribution in [0.3, 0.4) is 0 Å². The van der Waals surface area contributed by atoms with Crippen LogP contribution in [0.25, 0.3) is 0 Å². The molecule has 0 unspecified atom stereocenters. The quantitative estimate of drug-likeness (QED) is 0.888. The Labute approximate surface area is 130 Å². The van der Waals surface area contributed by atoms with Crippen LogP contribution < -0.4 is 15.5 Å². The lowest BCUT2D eigenvalue weighted by atomic mass is 10.3. The van der Waals surface area contributed by atoms with Crippen molar-refractivity contribution in [2.45, 2.75) is 6.18 Å². The van der Waals surface area contributed by atoms with Crippen LogP contribution in [0.15, 0.2) is 24.4 Å². The molecule has 2 aromatic heterocycles. The molecule has 122 valence electrons. The molecule has 1 aliphatic heterocycles. The smallest absolute Gasteiger partial charge is 0.384 e. The number of aromatic nitrogens is 4. The van der Waals surface area contributed by atoms with Crippen LogP contribution in [0.2, 0.25) is 0 Å². The molecule has 2 N–H and O–H groups in total. The van der Waals surface area contributed by atoms with Crippen molar-refractivity contribution in [3.63, 3.8) is 0 Å². The fraction of sp³-hybridized carbons (Fsp3) is 0.385. The maximum Gasteiger partial charge on any atom is 0.451 e. The molecule has 2 aromatic rings. The van der Waals surface area contributed by atoms with E-state index in [9.17, 15) is 13.2 Å². The van der Waals surface area contributed by atoms with Gasteiger partial charge in [0, 0.05) is 38.4 Å². The van der Waals surface area contributed by atoms with Gasteiger partial charge in [-0.25, -0.2) is 9.97 Å². The number of nitrogen functional groups attached to an aromatic ring is 1. The first-order valence-electron chi connectivity index (χ1n) is 6.93. The van der Waals surface area contributed by atoms with Gasteiger partial charge in [-0.2, -0.15) is 18.3 Å². The summed E-state index contributed by atoms with van der Waals surface area (Å²) >= 11 is 0. The highest BCUT2D eigenvalue weighted by atomic mass is 19.4. The molecule has 0 spiro atoms. The Kier molecular flexibility index (Phi) is 3.89. The van der Waals surface area contributed by atoms with E-state index in [2.05, 4.69) is 20.2 Å². The first kappa shape index (κ1) is 15.3. The van der Waals surface area contributed by atoms with Gasteiger partial charge in [0.05, 0.1) is 0 Å². The Morgan fingerprint density at radius 2 is 1.65 bits per heavy atom. The first-order valence-corrected chi connectivity index (χ1v) is 6.93. The van der Waals surface area contributed by atoms with Gasteiger partial charge in [-0.05, 0) is 12.1 Å². The summed E-state index contributed by atoms with van der Waals surface area (Å²) in [4.78, 5) is 10.6. The Morgan fingerprint density at radius 3 is 2.22 bits per heavy atom. The van der Waals surface area contributed by atoms with Crippen molar-refractivity contribution in [3.05, 3.63) is 30.2 Å². The first-order chi connectivity index (χ1) is 10.9. The third kappa shape index (κ3) is 3.41. The van der Waals surface area contributed by atoms with Crippen molar-refractivity contribution < 1.29 is 13.2 Å². The number of alkyl halides is 3. The van der Waals surface area contributed by atoms with Crippen molar-refractivity contribution in [2.75, 3.05) is 41.7 Å². The number of halogens is 3. The fourth-order valence-electron chi connectivity index (χ4n) is 2.37. The third-order valence-corrected chi connectivity index (χ3v) is 3.47. The van der Waals surface area contributed by atoms with Crippen molar-refractivity contribution in [1.82, 2.24) is 20.2 Å². The Morgan fingerprint density at radius 1 is 1.00 bits per heavy atom. The van der Waals surface area contributed by atoms with E-state index in [1.165, 1.54) is 6.07 Å². The molecule has 23 heavy (non-hydrogen) atoms. The lowest BCUT2D eigenvalue weighted by molar-refractivity contribution is -0.144. The molecule has 7 nitrogen and oxygen atoms in total. The zero-order chi connectivity index (χ0) is 16.4. The van der Waals surface area contributed by atoms with Gasteiger partial charge >= 0.3 is 6.18 Å². The normalized spacial score (nSPS) is 15.8. The second-order valence-corrected chi connectivity index (χ2v) is 5.03. The second-order valence-electron chi connectivity index (χ2n) is 5.03. The van der Waals surface area contributed by atoms with Gasteiger partial charge in [-0.3, -0.25) is 0 Å². The van der Waals surface area contributed by atoms with E-state index < -0.39 is 12.0 Å². The van der Waals surface area contributed by atoms with Crippen LogP contribution >= 0.6 is 0 Å². The lowest BCUT2D eigenvalue weighted by Crippen LogP contribution is -2.47. The van der Waals surface area contributed by atoms with E-state index >= 15 is 0 Å². The summed E-state index contributed by atoms with van der Waals surface area (Å²) in [7, 11) is 0. The summed E-state index contributed by atoms with van der Waals surface area (Å²) in [5, 5.41) is 7.84. The molecule has 0 aliphatic carbocycles. The highest BCUT2D eigenvalue weighted by molar-refractivity contribution is 5.49. The Balaban J connectivity index is 1.74. The van der Waals surface area contributed by atoms with Gasteiger partial charge in [0.2, 0.25) is 5.82 Å². The van der Waals surface area contributed by atoms with Crippen LogP contribution in [-0.2, 0) is 6.18 Å². The molecule has 1 saturated heterocycles. The zero-order valence-corrected chi connectivity index (χ0v) is 12.0. The number of nitrogens with two attached hydrogens (primary N) is 1. The summed E-state index contributed by atoms with van der Waals surface area (Å²) in [6.07, 6.45) is -3.03. The standard InChI is InChI=1S/C13H14F3N7/c14-13(15,16)12-19-9(17)8-11(20-12)23-6-4-22(5-7-23)10-2-1-3-18-21-10/h1-3,8H,4-7H2,(H2,17,19,20). The van der Waals surface area contributed by atoms with Crippen LogP contribution in [0.5, 0.6) is 0 Å². The van der Waals surface area contributed by atoms with Gasteiger partial charge in [0.1, 0.15) is 11.6 Å². The van der Waals surface area contributed by atoms with Crippen LogP contribution in [0, 0.1) is 0 Å². The highest BCUT2D eigenvalue weighted by Gasteiger charge is 2.36. The minimum atomic E-state index is -4.62. The minimum Gasteiger partial charge on any atom is -0.384 e. The van der Waals surface area contributed by atoms with Gasteiger partial charge in [-0.15, -0.1) is 5.10 Å². The predicted octanol–water partition coefficient (Wildman–Crippen LogP) is 1.19. The maximum absolute atomic E-state index is 12.8. The predicted molar refractivity (Wildman–Crippen MR) is 77.9 cm³/mol. The van der Waals surface area contributed by atoms with Gasteiger partial charge < -0.3 is 15.5 Å². The van der Waals surface area contributed by atoms with Crippen molar-refractivity contribution in [1.29, 1.82) is 0 Å². The summed E-state index contributed by atoms with van der Waals surface area (Å²) in [6, 6.07) is 4.98. The number of piperazine rings is 1. The Bertz CT molecular complexity index is 669. The summed E-state index contributed by atoms with van der Waals surface area (Å²) in [5.41, 5.74) is 5.47. The van der Waals surface area contributed by atoms with E-state index in [-0.39, 0.29) is 11.6 Å². The van der Waals surface area contributed by atoms with Gasteiger partial charge in [-0.1, -0.05) is 0 Å². The number of hydrogen-bond donors (Lipinski definition) is 1. The summed E-state index contributed by atoms with van der Waals surface area (Å²) < 4.78 is 38.3. The Hall–Kier alpha value is -2.65. The number of hydrogen-bond acceptors (Lipinski definition) is 7. The average Bonchev–Trinajstić information content (AvgIpc) is 2.54. The molecule has 10 heteroatoms. The van der Waals surface area contributed by atoms with E-state index in [1.807, 2.05) is 11.0 Å². The lowest BCUT2D eigenvalue weighted by Gasteiger charge is -2.35. The SMILES string of the molecule is Nc1cc(N2CCN(c3cccnn3)CC2)nc(C(F)(F)F)n1. The molecular weight excluding hydrogens is 311 g/mol. The topological polar surface area (TPSA) is 84.1 Å². The average molecular weight is 325 g/mol. The number of rotatable bonds is 2. The summed E-state index contributed by atoms with van der Waals surface area (Å²) in [5.74, 6) is -0.489. The highest BCUT2D eigenvalue weighted by Crippen LogP contribution is 2.29. The molecule has 0 bridgehead atoms. The zero-order valence-electron chi connectivity index (χ0n) is 12.0. The third-order valence-electron chi connectivity index (χ3n) is 3.47. The molecule has 0 amide bonds. The van der Waals surface area contributed by atoms with E-state index in [1.54, 1.807) is 17.2 Å². The number of nitrogens with zero attached hydrogens (tertiary/aromatic N) is 6. The summed E-state index contributed by atoms with van der Waals surface area (Å²) in [6.45, 7) is 2.21. The van der Waals surface area contributed by atoms with Gasteiger partial charge in [0.25, 0.3) is 0 Å². The fourth-order valence-corrected chi connectivity index (χ4v) is 2.37. The van der Waals surface area contributed by atoms with E-state index in [4.69, 9.17) is 5.73 Å². The molecule has 0 radical (unpaired) electrons. The van der Waals surface area contributed by atoms with Crippen molar-refractivity contribution in [3.8, 4) is 0 Å². The van der Waals surface area contributed by atoms with Crippen LogP contribution in [0.1, 0.15) is 5.82 Å². The molecule has 1 aliphatic rings. The largest absolute Gasteiger partial charge is 0.451 e. The molecule has 3 rings (SSSR count). The molecular formula is C13H14F3N7. The number of anilines is 3. The molecule has 0 atom stereocenters. The van der Waals surface area contributed by atoms with Crippen LogP contribution in [-0.4, -0.2) is 46.3 Å². The maximum atomic E-state index is 12.8. The van der Waals surface area contributed by atoms with E-state index in [0.29, 0.717) is 26.2 Å². The van der Waals surface area contributed by atoms with Crippen molar-refractivity contribution >= 4 is 17.5 Å². The molecule has 1 fully saturated rings. The van der Waals surface area contributed by atoms with Gasteiger partial charge in [0.15, 0.2) is 5.82 Å². The molecule has 0 aromatic carbocycles. The van der Waals surface area contributed by atoms with Crippen LogP contribution in [0.4, 0.5) is 30.6 Å². The monoisotopic (exact) mass is 325 g/mol. The second kappa shape index (κ2) is 5.86.